The number of carbonyl (C=O) groups is 1. The standard InChI is InChI=1S/C23H23FN2O4S/c1-15-4-7-20(14-16(15)2)26-31(28,29)22-12-8-19(9-13-22)25-23(27)17(3)30-21-10-5-18(24)6-11-21/h4-14,17,26H,1-3H3,(H,25,27). The SMILES string of the molecule is Cc1ccc(NS(=O)(=O)c2ccc(NC(=O)C(C)Oc3ccc(F)cc3)cc2)cc1C. The molecule has 0 radical (unpaired) electrons. The Labute approximate surface area is 181 Å². The van der Waals surface area contributed by atoms with Gasteiger partial charge in [0.15, 0.2) is 6.10 Å². The Kier molecular flexibility index (Phi) is 6.60. The lowest BCUT2D eigenvalue weighted by Gasteiger charge is -2.15. The van der Waals surface area contributed by atoms with Gasteiger partial charge in [-0.2, -0.15) is 0 Å². The lowest BCUT2D eigenvalue weighted by atomic mass is 10.1. The number of anilines is 2. The van der Waals surface area contributed by atoms with E-state index in [0.717, 1.165) is 11.1 Å². The Morgan fingerprint density at radius 3 is 2.13 bits per heavy atom. The molecule has 31 heavy (non-hydrogen) atoms. The van der Waals surface area contributed by atoms with Crippen molar-refractivity contribution >= 4 is 27.3 Å². The van der Waals surface area contributed by atoms with Crippen LogP contribution in [0.3, 0.4) is 0 Å². The summed E-state index contributed by atoms with van der Waals surface area (Å²) < 4.78 is 46.2. The Morgan fingerprint density at radius 2 is 1.52 bits per heavy atom. The molecule has 2 N–H and O–H groups in total. The van der Waals surface area contributed by atoms with Gasteiger partial charge in [-0.1, -0.05) is 6.07 Å². The van der Waals surface area contributed by atoms with E-state index < -0.39 is 27.9 Å². The quantitative estimate of drug-likeness (QED) is 0.558. The summed E-state index contributed by atoms with van der Waals surface area (Å²) in [5.41, 5.74) is 2.95. The molecule has 6 nitrogen and oxygen atoms in total. The van der Waals surface area contributed by atoms with Gasteiger partial charge in [-0.05, 0) is 92.6 Å². The zero-order valence-corrected chi connectivity index (χ0v) is 18.2. The Morgan fingerprint density at radius 1 is 0.903 bits per heavy atom. The van der Waals surface area contributed by atoms with Crippen molar-refractivity contribution in [3.8, 4) is 5.75 Å². The van der Waals surface area contributed by atoms with Crippen molar-refractivity contribution in [2.75, 3.05) is 10.0 Å². The summed E-state index contributed by atoms with van der Waals surface area (Å²) in [5.74, 6) is -0.456. The summed E-state index contributed by atoms with van der Waals surface area (Å²) in [6.07, 6.45) is -0.833. The van der Waals surface area contributed by atoms with Crippen molar-refractivity contribution in [3.05, 3.63) is 83.7 Å². The first-order valence-electron chi connectivity index (χ1n) is 9.57. The summed E-state index contributed by atoms with van der Waals surface area (Å²) in [6.45, 7) is 5.42. The van der Waals surface area contributed by atoms with Crippen molar-refractivity contribution in [1.29, 1.82) is 0 Å². The molecule has 0 spiro atoms. The van der Waals surface area contributed by atoms with Crippen LogP contribution < -0.4 is 14.8 Å². The third-order valence-electron chi connectivity index (χ3n) is 4.69. The van der Waals surface area contributed by atoms with E-state index in [0.29, 0.717) is 17.1 Å². The highest BCUT2D eigenvalue weighted by Gasteiger charge is 2.17. The number of carbonyl (C=O) groups excluding carboxylic acids is 1. The fraction of sp³-hybridized carbons (Fsp3) is 0.174. The number of nitrogens with one attached hydrogen (secondary N) is 2. The van der Waals surface area contributed by atoms with Crippen LogP contribution in [0.4, 0.5) is 15.8 Å². The van der Waals surface area contributed by atoms with Crippen LogP contribution in [-0.4, -0.2) is 20.4 Å². The van der Waals surface area contributed by atoms with Gasteiger partial charge in [-0.3, -0.25) is 9.52 Å². The summed E-state index contributed by atoms with van der Waals surface area (Å²) in [4.78, 5) is 12.4. The number of hydrogen-bond acceptors (Lipinski definition) is 4. The van der Waals surface area contributed by atoms with Gasteiger partial charge in [0.2, 0.25) is 0 Å². The number of hydrogen-bond donors (Lipinski definition) is 2. The maximum Gasteiger partial charge on any atom is 0.265 e. The predicted molar refractivity (Wildman–Crippen MR) is 118 cm³/mol. The van der Waals surface area contributed by atoms with Gasteiger partial charge in [0.25, 0.3) is 15.9 Å². The second kappa shape index (κ2) is 9.18. The van der Waals surface area contributed by atoms with Gasteiger partial charge in [-0.15, -0.1) is 0 Å². The fourth-order valence-corrected chi connectivity index (χ4v) is 3.80. The number of rotatable bonds is 7. The van der Waals surface area contributed by atoms with Gasteiger partial charge in [0.1, 0.15) is 11.6 Å². The lowest BCUT2D eigenvalue weighted by Crippen LogP contribution is -2.30. The molecule has 0 fully saturated rings. The number of halogens is 1. The van der Waals surface area contributed by atoms with Crippen LogP contribution in [0.25, 0.3) is 0 Å². The van der Waals surface area contributed by atoms with Crippen LogP contribution in [0.2, 0.25) is 0 Å². The Hall–Kier alpha value is -3.39. The van der Waals surface area contributed by atoms with Crippen LogP contribution in [0.15, 0.2) is 71.6 Å². The minimum atomic E-state index is -3.77. The third-order valence-corrected chi connectivity index (χ3v) is 6.08. The van der Waals surface area contributed by atoms with Gasteiger partial charge in [0.05, 0.1) is 4.90 Å². The molecule has 1 atom stereocenters. The molecule has 162 valence electrons. The number of ether oxygens (including phenoxy) is 1. The average Bonchev–Trinajstić information content (AvgIpc) is 2.72. The minimum absolute atomic E-state index is 0.0688. The third kappa shape index (κ3) is 5.82. The largest absolute Gasteiger partial charge is 0.481 e. The smallest absolute Gasteiger partial charge is 0.265 e. The molecule has 0 aliphatic rings. The number of aryl methyl sites for hydroxylation is 2. The van der Waals surface area contributed by atoms with Crippen molar-refractivity contribution in [1.82, 2.24) is 0 Å². The summed E-state index contributed by atoms with van der Waals surface area (Å²) in [5, 5.41) is 2.66. The van der Waals surface area contributed by atoms with Crippen LogP contribution in [0.5, 0.6) is 5.75 Å². The predicted octanol–water partition coefficient (Wildman–Crippen LogP) is 4.65. The van der Waals surface area contributed by atoms with E-state index in [1.54, 1.807) is 19.1 Å². The second-order valence-electron chi connectivity index (χ2n) is 7.13. The van der Waals surface area contributed by atoms with E-state index >= 15 is 0 Å². The molecule has 0 aromatic heterocycles. The highest BCUT2D eigenvalue weighted by atomic mass is 32.2. The molecule has 0 heterocycles. The van der Waals surface area contributed by atoms with Crippen LogP contribution in [0.1, 0.15) is 18.1 Å². The van der Waals surface area contributed by atoms with Crippen LogP contribution in [0, 0.1) is 19.7 Å². The van der Waals surface area contributed by atoms with E-state index in [-0.39, 0.29) is 4.90 Å². The van der Waals surface area contributed by atoms with Crippen molar-refractivity contribution in [2.45, 2.75) is 31.8 Å². The first-order valence-corrected chi connectivity index (χ1v) is 11.1. The van der Waals surface area contributed by atoms with E-state index in [1.165, 1.54) is 48.5 Å². The topological polar surface area (TPSA) is 84.5 Å². The van der Waals surface area contributed by atoms with Gasteiger partial charge >= 0.3 is 0 Å². The normalized spacial score (nSPS) is 12.1. The maximum atomic E-state index is 13.0. The van der Waals surface area contributed by atoms with E-state index in [9.17, 15) is 17.6 Å². The highest BCUT2D eigenvalue weighted by molar-refractivity contribution is 7.92. The summed E-state index contributed by atoms with van der Waals surface area (Å²) >= 11 is 0. The molecule has 3 rings (SSSR count). The van der Waals surface area contributed by atoms with Crippen molar-refractivity contribution < 1.29 is 22.3 Å². The molecule has 0 bridgehead atoms. The molecular weight excluding hydrogens is 419 g/mol. The van der Waals surface area contributed by atoms with E-state index in [4.69, 9.17) is 4.74 Å². The maximum absolute atomic E-state index is 13.0. The molecule has 3 aromatic rings. The monoisotopic (exact) mass is 442 g/mol. The highest BCUT2D eigenvalue weighted by Crippen LogP contribution is 2.21. The lowest BCUT2D eigenvalue weighted by molar-refractivity contribution is -0.122. The minimum Gasteiger partial charge on any atom is -0.481 e. The van der Waals surface area contributed by atoms with E-state index in [1.807, 2.05) is 19.9 Å². The van der Waals surface area contributed by atoms with Crippen LogP contribution >= 0.6 is 0 Å². The molecule has 0 aliphatic carbocycles. The number of sulfonamides is 1. The van der Waals surface area contributed by atoms with Gasteiger partial charge in [-0.25, -0.2) is 12.8 Å². The first-order chi connectivity index (χ1) is 14.6. The first kappa shape index (κ1) is 22.3. The second-order valence-corrected chi connectivity index (χ2v) is 8.81. The molecule has 1 amide bonds. The molecule has 3 aromatic carbocycles. The molecule has 1 unspecified atom stereocenters. The number of benzene rings is 3. The zero-order valence-electron chi connectivity index (χ0n) is 17.3. The van der Waals surface area contributed by atoms with Gasteiger partial charge < -0.3 is 10.1 Å². The molecule has 0 aliphatic heterocycles. The molecule has 0 saturated heterocycles. The average molecular weight is 443 g/mol. The molecule has 0 saturated carbocycles. The molecular formula is C23H23FN2O4S. The Bertz CT molecular complexity index is 1180. The van der Waals surface area contributed by atoms with Gasteiger partial charge in [0, 0.05) is 11.4 Å². The van der Waals surface area contributed by atoms with Crippen molar-refractivity contribution in [3.63, 3.8) is 0 Å². The van der Waals surface area contributed by atoms with Crippen LogP contribution in [-0.2, 0) is 14.8 Å². The Balaban J connectivity index is 1.63. The molecule has 8 heteroatoms. The van der Waals surface area contributed by atoms with E-state index in [2.05, 4.69) is 10.0 Å². The summed E-state index contributed by atoms with van der Waals surface area (Å²) in [7, 11) is -3.77. The fourth-order valence-electron chi connectivity index (χ4n) is 2.75. The van der Waals surface area contributed by atoms with Crippen molar-refractivity contribution in [2.24, 2.45) is 0 Å². The number of amides is 1. The zero-order chi connectivity index (χ0) is 22.6. The summed E-state index contributed by atoms with van der Waals surface area (Å²) in [6, 6.07) is 16.5.